The second-order valence-electron chi connectivity index (χ2n) is 7.62. The summed E-state index contributed by atoms with van der Waals surface area (Å²) in [4.78, 5) is 20.1. The molecule has 1 saturated heterocycles. The van der Waals surface area contributed by atoms with E-state index in [4.69, 9.17) is 4.74 Å². The molecule has 5 heteroatoms. The number of fused-ring (bicyclic) bond motifs is 1. The van der Waals surface area contributed by atoms with Gasteiger partial charge in [-0.25, -0.2) is 0 Å². The van der Waals surface area contributed by atoms with Crippen LogP contribution in [0.4, 0.5) is 0 Å². The Hall–Kier alpha value is -1.98. The second kappa shape index (κ2) is 7.33. The van der Waals surface area contributed by atoms with Crippen LogP contribution in [0.5, 0.6) is 0 Å². The Morgan fingerprint density at radius 1 is 1.27 bits per heavy atom. The number of aromatic nitrogens is 1. The number of rotatable bonds is 4. The number of likely N-dealkylation sites (tertiary alicyclic amines) is 1. The van der Waals surface area contributed by atoms with E-state index in [-0.39, 0.29) is 18.1 Å². The lowest BCUT2D eigenvalue weighted by atomic mass is 10.0. The van der Waals surface area contributed by atoms with Gasteiger partial charge >= 0.3 is 0 Å². The lowest BCUT2D eigenvalue weighted by Gasteiger charge is -2.20. The van der Waals surface area contributed by atoms with E-state index in [1.54, 1.807) is 7.11 Å². The number of methoxy groups -OCH3 is 1. The number of carbonyl (C=O) groups excluding carboxylic acids is 1. The van der Waals surface area contributed by atoms with Crippen molar-refractivity contribution in [2.45, 2.75) is 52.8 Å². The largest absolute Gasteiger partial charge is 0.378 e. The lowest BCUT2D eigenvalue weighted by Crippen LogP contribution is -2.43. The Morgan fingerprint density at radius 3 is 2.65 bits per heavy atom. The minimum atomic E-state index is -0.0543. The SMILES string of the molecule is CO[C@H]1CN(C(C)C)C[C@@H]1NC(=O)c1cc(C)nc2c(C)c(C)ccc12. The molecule has 0 bridgehead atoms. The number of benzene rings is 1. The monoisotopic (exact) mass is 355 g/mol. The number of amides is 1. The first-order valence-electron chi connectivity index (χ1n) is 9.27. The highest BCUT2D eigenvalue weighted by Crippen LogP contribution is 2.24. The number of nitrogens with zero attached hydrogens (tertiary/aromatic N) is 2. The summed E-state index contributed by atoms with van der Waals surface area (Å²) in [7, 11) is 1.71. The van der Waals surface area contributed by atoms with Gasteiger partial charge < -0.3 is 10.1 Å². The van der Waals surface area contributed by atoms with Gasteiger partial charge in [0.05, 0.1) is 23.2 Å². The van der Waals surface area contributed by atoms with Crippen LogP contribution in [0.1, 0.15) is 41.0 Å². The molecule has 2 heterocycles. The number of nitrogens with one attached hydrogen (secondary N) is 1. The molecule has 1 amide bonds. The van der Waals surface area contributed by atoms with E-state index in [0.717, 1.165) is 35.2 Å². The van der Waals surface area contributed by atoms with Crippen LogP contribution in [-0.4, -0.2) is 54.2 Å². The Balaban J connectivity index is 1.92. The van der Waals surface area contributed by atoms with Gasteiger partial charge in [0.1, 0.15) is 0 Å². The van der Waals surface area contributed by atoms with Gasteiger partial charge in [-0.1, -0.05) is 12.1 Å². The molecular weight excluding hydrogens is 326 g/mol. The van der Waals surface area contributed by atoms with Crippen molar-refractivity contribution in [1.29, 1.82) is 0 Å². The van der Waals surface area contributed by atoms with Crippen LogP contribution >= 0.6 is 0 Å². The third kappa shape index (κ3) is 3.46. The van der Waals surface area contributed by atoms with Crippen LogP contribution in [0.25, 0.3) is 10.9 Å². The first-order valence-corrected chi connectivity index (χ1v) is 9.27. The van der Waals surface area contributed by atoms with Gasteiger partial charge in [0.25, 0.3) is 5.91 Å². The molecule has 2 aromatic rings. The molecule has 3 rings (SSSR count). The van der Waals surface area contributed by atoms with Crippen molar-refractivity contribution in [1.82, 2.24) is 15.2 Å². The Morgan fingerprint density at radius 2 is 2.00 bits per heavy atom. The van der Waals surface area contributed by atoms with Crippen molar-refractivity contribution in [3.63, 3.8) is 0 Å². The van der Waals surface area contributed by atoms with E-state index in [2.05, 4.69) is 49.0 Å². The molecule has 1 N–H and O–H groups in total. The topological polar surface area (TPSA) is 54.5 Å². The Kier molecular flexibility index (Phi) is 5.30. The van der Waals surface area contributed by atoms with E-state index in [1.165, 1.54) is 5.56 Å². The summed E-state index contributed by atoms with van der Waals surface area (Å²) in [6.07, 6.45) is 0.0135. The van der Waals surface area contributed by atoms with Gasteiger partial charge in [-0.2, -0.15) is 0 Å². The standard InChI is InChI=1S/C21H29N3O2/c1-12(2)24-10-18(19(11-24)26-6)23-21(25)17-9-14(4)22-20-15(5)13(3)7-8-16(17)20/h7-9,12,18-19H,10-11H2,1-6H3,(H,23,25)/t18-,19-/m0/s1. The average Bonchev–Trinajstić information content (AvgIpc) is 3.01. The third-order valence-electron chi connectivity index (χ3n) is 5.52. The first-order chi connectivity index (χ1) is 12.3. The highest BCUT2D eigenvalue weighted by atomic mass is 16.5. The molecule has 0 spiro atoms. The zero-order valence-electron chi connectivity index (χ0n) is 16.6. The normalized spacial score (nSPS) is 20.9. The van der Waals surface area contributed by atoms with Gasteiger partial charge in [-0.3, -0.25) is 14.7 Å². The summed E-state index contributed by atoms with van der Waals surface area (Å²) in [6, 6.07) is 6.36. The summed E-state index contributed by atoms with van der Waals surface area (Å²) in [5, 5.41) is 4.11. The van der Waals surface area contributed by atoms with E-state index < -0.39 is 0 Å². The molecule has 1 aromatic heterocycles. The first kappa shape index (κ1) is 18.8. The minimum absolute atomic E-state index is 0.00929. The van der Waals surface area contributed by atoms with Gasteiger partial charge in [0.15, 0.2) is 0 Å². The zero-order valence-corrected chi connectivity index (χ0v) is 16.6. The summed E-state index contributed by atoms with van der Waals surface area (Å²) in [5.74, 6) is -0.0543. The number of hydrogen-bond acceptors (Lipinski definition) is 4. The van der Waals surface area contributed by atoms with Crippen LogP contribution in [0, 0.1) is 20.8 Å². The number of aryl methyl sites for hydroxylation is 3. The fourth-order valence-electron chi connectivity index (χ4n) is 3.69. The summed E-state index contributed by atoms with van der Waals surface area (Å²) < 4.78 is 5.62. The Bertz CT molecular complexity index is 832. The van der Waals surface area contributed by atoms with Gasteiger partial charge in [0, 0.05) is 37.3 Å². The van der Waals surface area contributed by atoms with Crippen LogP contribution in [0.15, 0.2) is 18.2 Å². The van der Waals surface area contributed by atoms with Crippen molar-refractivity contribution < 1.29 is 9.53 Å². The molecule has 1 aliphatic rings. The van der Waals surface area contributed by atoms with Crippen LogP contribution in [-0.2, 0) is 4.74 Å². The molecule has 5 nitrogen and oxygen atoms in total. The number of pyridine rings is 1. The number of hydrogen-bond donors (Lipinski definition) is 1. The summed E-state index contributed by atoms with van der Waals surface area (Å²) in [6.45, 7) is 12.1. The predicted molar refractivity (Wildman–Crippen MR) is 105 cm³/mol. The molecule has 2 atom stereocenters. The maximum Gasteiger partial charge on any atom is 0.252 e. The van der Waals surface area contributed by atoms with Crippen LogP contribution in [0.2, 0.25) is 0 Å². The summed E-state index contributed by atoms with van der Waals surface area (Å²) >= 11 is 0. The minimum Gasteiger partial charge on any atom is -0.378 e. The fourth-order valence-corrected chi connectivity index (χ4v) is 3.69. The molecule has 140 valence electrons. The molecule has 0 aliphatic carbocycles. The van der Waals surface area contributed by atoms with Gasteiger partial charge in [-0.15, -0.1) is 0 Å². The van der Waals surface area contributed by atoms with Gasteiger partial charge in [-0.05, 0) is 51.8 Å². The van der Waals surface area contributed by atoms with E-state index in [9.17, 15) is 4.79 Å². The summed E-state index contributed by atoms with van der Waals surface area (Å²) in [5.41, 5.74) is 4.77. The van der Waals surface area contributed by atoms with Crippen LogP contribution in [0.3, 0.4) is 0 Å². The highest BCUT2D eigenvalue weighted by molar-refractivity contribution is 6.07. The average molecular weight is 355 g/mol. The molecule has 26 heavy (non-hydrogen) atoms. The molecule has 1 aromatic carbocycles. The van der Waals surface area contributed by atoms with Crippen molar-refractivity contribution in [3.8, 4) is 0 Å². The zero-order chi connectivity index (χ0) is 19.0. The van der Waals surface area contributed by atoms with E-state index in [0.29, 0.717) is 11.6 Å². The maximum absolute atomic E-state index is 13.1. The fraction of sp³-hybridized carbons (Fsp3) is 0.524. The maximum atomic E-state index is 13.1. The quantitative estimate of drug-likeness (QED) is 0.916. The molecule has 1 aliphatic heterocycles. The molecule has 0 unspecified atom stereocenters. The van der Waals surface area contributed by atoms with Gasteiger partial charge in [0.2, 0.25) is 0 Å². The van der Waals surface area contributed by atoms with Crippen molar-refractivity contribution in [2.75, 3.05) is 20.2 Å². The highest BCUT2D eigenvalue weighted by Gasteiger charge is 2.35. The van der Waals surface area contributed by atoms with Crippen LogP contribution < -0.4 is 5.32 Å². The predicted octanol–water partition coefficient (Wildman–Crippen LogP) is 3.00. The third-order valence-corrected chi connectivity index (χ3v) is 5.52. The Labute approximate surface area is 155 Å². The lowest BCUT2D eigenvalue weighted by molar-refractivity contribution is 0.0754. The molecule has 0 saturated carbocycles. The smallest absolute Gasteiger partial charge is 0.252 e. The molecule has 1 fully saturated rings. The van der Waals surface area contributed by atoms with Crippen molar-refractivity contribution in [3.05, 3.63) is 40.6 Å². The van der Waals surface area contributed by atoms with E-state index >= 15 is 0 Å². The second-order valence-corrected chi connectivity index (χ2v) is 7.62. The number of ether oxygens (including phenoxy) is 1. The number of carbonyl (C=O) groups is 1. The van der Waals surface area contributed by atoms with Crippen molar-refractivity contribution >= 4 is 16.8 Å². The van der Waals surface area contributed by atoms with Crippen molar-refractivity contribution in [2.24, 2.45) is 0 Å². The molecule has 0 radical (unpaired) electrons. The molecular formula is C21H29N3O2. The van der Waals surface area contributed by atoms with E-state index in [1.807, 2.05) is 19.1 Å².